The van der Waals surface area contributed by atoms with Gasteiger partial charge in [0.25, 0.3) is 0 Å². The van der Waals surface area contributed by atoms with Crippen molar-refractivity contribution in [2.24, 2.45) is 0 Å². The molecule has 4 nitrogen and oxygen atoms in total. The summed E-state index contributed by atoms with van der Waals surface area (Å²) in [5, 5.41) is 12.1. The lowest BCUT2D eigenvalue weighted by Gasteiger charge is -2.15. The van der Waals surface area contributed by atoms with Crippen molar-refractivity contribution in [1.82, 2.24) is 0 Å². The molecule has 1 aliphatic rings. The summed E-state index contributed by atoms with van der Waals surface area (Å²) in [5.74, 6) is -0.953. The highest BCUT2D eigenvalue weighted by Crippen LogP contribution is 2.47. The van der Waals surface area contributed by atoms with Gasteiger partial charge in [-0.2, -0.15) is 11.8 Å². The topological polar surface area (TPSA) is 75.3 Å². The maximum Gasteiger partial charge on any atom is 0.335 e. The second kappa shape index (κ2) is 4.49. The SMILES string of the molecule is CSC1(CNc2ccc(C(=O)O)cc2N)CC1. The first-order valence-corrected chi connectivity index (χ1v) is 6.71. The Balaban J connectivity index is 2.04. The van der Waals surface area contributed by atoms with Crippen LogP contribution in [0.1, 0.15) is 23.2 Å². The van der Waals surface area contributed by atoms with Gasteiger partial charge in [-0.15, -0.1) is 0 Å². The lowest BCUT2D eigenvalue weighted by molar-refractivity contribution is 0.0697. The Morgan fingerprint density at radius 2 is 2.29 bits per heavy atom. The third-order valence-electron chi connectivity index (χ3n) is 3.14. The van der Waals surface area contributed by atoms with Crippen molar-refractivity contribution < 1.29 is 9.90 Å². The van der Waals surface area contributed by atoms with Crippen LogP contribution in [-0.2, 0) is 0 Å². The van der Waals surface area contributed by atoms with Crippen molar-refractivity contribution in [3.05, 3.63) is 23.8 Å². The van der Waals surface area contributed by atoms with E-state index in [4.69, 9.17) is 10.8 Å². The van der Waals surface area contributed by atoms with E-state index in [0.717, 1.165) is 12.2 Å². The first kappa shape index (κ1) is 12.1. The maximum absolute atomic E-state index is 10.8. The molecule has 5 heteroatoms. The van der Waals surface area contributed by atoms with Gasteiger partial charge in [-0.1, -0.05) is 0 Å². The average molecular weight is 252 g/mol. The monoisotopic (exact) mass is 252 g/mol. The summed E-state index contributed by atoms with van der Waals surface area (Å²) in [6.45, 7) is 0.880. The Morgan fingerprint density at radius 3 is 2.76 bits per heavy atom. The normalized spacial score (nSPS) is 16.5. The number of carbonyl (C=O) groups is 1. The summed E-state index contributed by atoms with van der Waals surface area (Å²) in [4.78, 5) is 10.8. The summed E-state index contributed by atoms with van der Waals surface area (Å²) in [5.41, 5.74) is 7.34. The molecule has 2 rings (SSSR count). The molecular formula is C12H16N2O2S. The van der Waals surface area contributed by atoms with E-state index >= 15 is 0 Å². The van der Waals surface area contributed by atoms with Crippen LogP contribution in [-0.4, -0.2) is 28.6 Å². The van der Waals surface area contributed by atoms with Crippen LogP contribution in [0.4, 0.5) is 11.4 Å². The molecule has 0 aliphatic heterocycles. The number of nitrogens with one attached hydrogen (secondary N) is 1. The summed E-state index contributed by atoms with van der Waals surface area (Å²) in [7, 11) is 0. The molecule has 1 aromatic rings. The number of aromatic carboxylic acids is 1. The molecule has 1 saturated carbocycles. The highest BCUT2D eigenvalue weighted by Gasteiger charge is 2.41. The minimum absolute atomic E-state index is 0.221. The Bertz CT molecular complexity index is 444. The average Bonchev–Trinajstić information content (AvgIpc) is 3.08. The zero-order chi connectivity index (χ0) is 12.5. The number of rotatable bonds is 5. The second-order valence-corrected chi connectivity index (χ2v) is 5.62. The molecule has 0 radical (unpaired) electrons. The fourth-order valence-corrected chi connectivity index (χ4v) is 2.43. The molecule has 0 aromatic heterocycles. The molecule has 1 fully saturated rings. The first-order chi connectivity index (χ1) is 8.06. The third-order valence-corrected chi connectivity index (χ3v) is 4.56. The molecule has 0 bridgehead atoms. The van der Waals surface area contributed by atoms with Crippen LogP contribution in [0.5, 0.6) is 0 Å². The molecule has 0 saturated heterocycles. The largest absolute Gasteiger partial charge is 0.478 e. The van der Waals surface area contributed by atoms with Crippen LogP contribution in [0.3, 0.4) is 0 Å². The number of carboxylic acid groups (broad SMARTS) is 1. The van der Waals surface area contributed by atoms with Crippen molar-refractivity contribution in [1.29, 1.82) is 0 Å². The highest BCUT2D eigenvalue weighted by molar-refractivity contribution is 8.00. The first-order valence-electron chi connectivity index (χ1n) is 5.48. The second-order valence-electron chi connectivity index (χ2n) is 4.35. The Morgan fingerprint density at radius 1 is 1.59 bits per heavy atom. The molecule has 1 aliphatic carbocycles. The molecule has 92 valence electrons. The Hall–Kier alpha value is -1.36. The fourth-order valence-electron chi connectivity index (χ4n) is 1.71. The number of nitrogens with two attached hydrogens (primary N) is 1. The molecule has 0 spiro atoms. The van der Waals surface area contributed by atoms with Crippen LogP contribution in [0.2, 0.25) is 0 Å². The summed E-state index contributed by atoms with van der Waals surface area (Å²) in [6, 6.07) is 4.79. The van der Waals surface area contributed by atoms with Gasteiger partial charge in [-0.05, 0) is 37.3 Å². The van der Waals surface area contributed by atoms with Gasteiger partial charge in [0.15, 0.2) is 0 Å². The minimum Gasteiger partial charge on any atom is -0.478 e. The maximum atomic E-state index is 10.8. The van der Waals surface area contributed by atoms with E-state index in [2.05, 4.69) is 11.6 Å². The molecule has 4 N–H and O–H groups in total. The molecule has 17 heavy (non-hydrogen) atoms. The summed E-state index contributed by atoms with van der Waals surface area (Å²) in [6.07, 6.45) is 4.58. The van der Waals surface area contributed by atoms with E-state index in [1.165, 1.54) is 18.9 Å². The van der Waals surface area contributed by atoms with Gasteiger partial charge in [0.1, 0.15) is 0 Å². The third kappa shape index (κ3) is 2.66. The number of anilines is 2. The van der Waals surface area contributed by atoms with E-state index in [0.29, 0.717) is 10.4 Å². The van der Waals surface area contributed by atoms with Crippen molar-refractivity contribution in [2.45, 2.75) is 17.6 Å². The minimum atomic E-state index is -0.953. The Kier molecular flexibility index (Phi) is 3.19. The van der Waals surface area contributed by atoms with Crippen molar-refractivity contribution in [2.75, 3.05) is 23.9 Å². The zero-order valence-corrected chi connectivity index (χ0v) is 10.5. The van der Waals surface area contributed by atoms with E-state index < -0.39 is 5.97 Å². The van der Waals surface area contributed by atoms with Gasteiger partial charge in [-0.3, -0.25) is 0 Å². The van der Waals surface area contributed by atoms with E-state index in [1.807, 2.05) is 11.8 Å². The standard InChI is InChI=1S/C12H16N2O2S/c1-17-12(4-5-12)7-14-10-3-2-8(11(15)16)6-9(10)13/h2-3,6,14H,4-5,7,13H2,1H3,(H,15,16). The molecule has 0 heterocycles. The predicted octanol–water partition coefficient (Wildman–Crippen LogP) is 2.27. The molecular weight excluding hydrogens is 236 g/mol. The van der Waals surface area contributed by atoms with Crippen molar-refractivity contribution in [3.63, 3.8) is 0 Å². The van der Waals surface area contributed by atoms with E-state index in [1.54, 1.807) is 12.1 Å². The van der Waals surface area contributed by atoms with E-state index in [-0.39, 0.29) is 5.56 Å². The number of carboxylic acids is 1. The zero-order valence-electron chi connectivity index (χ0n) is 9.69. The van der Waals surface area contributed by atoms with Gasteiger partial charge in [0.2, 0.25) is 0 Å². The van der Waals surface area contributed by atoms with Crippen LogP contribution >= 0.6 is 11.8 Å². The molecule has 0 unspecified atom stereocenters. The number of hydrogen-bond acceptors (Lipinski definition) is 4. The van der Waals surface area contributed by atoms with Crippen LogP contribution < -0.4 is 11.1 Å². The Labute approximate surface area is 105 Å². The number of hydrogen-bond donors (Lipinski definition) is 3. The van der Waals surface area contributed by atoms with Crippen LogP contribution in [0.25, 0.3) is 0 Å². The number of benzene rings is 1. The molecule has 1 aromatic carbocycles. The van der Waals surface area contributed by atoms with Crippen molar-refractivity contribution >= 4 is 29.1 Å². The quantitative estimate of drug-likeness (QED) is 0.701. The smallest absolute Gasteiger partial charge is 0.335 e. The number of thioether (sulfide) groups is 1. The lowest BCUT2D eigenvalue weighted by Crippen LogP contribution is -2.18. The van der Waals surface area contributed by atoms with Gasteiger partial charge < -0.3 is 16.2 Å². The van der Waals surface area contributed by atoms with E-state index in [9.17, 15) is 4.79 Å². The van der Waals surface area contributed by atoms with Gasteiger partial charge >= 0.3 is 5.97 Å². The van der Waals surface area contributed by atoms with Crippen molar-refractivity contribution in [3.8, 4) is 0 Å². The molecule has 0 amide bonds. The van der Waals surface area contributed by atoms with Gasteiger partial charge in [-0.25, -0.2) is 4.79 Å². The van der Waals surface area contributed by atoms with Crippen LogP contribution in [0.15, 0.2) is 18.2 Å². The summed E-state index contributed by atoms with van der Waals surface area (Å²) < 4.78 is 0.359. The van der Waals surface area contributed by atoms with Gasteiger partial charge in [0.05, 0.1) is 16.9 Å². The fraction of sp³-hybridized carbons (Fsp3) is 0.417. The lowest BCUT2D eigenvalue weighted by atomic mass is 10.1. The predicted molar refractivity (Wildman–Crippen MR) is 71.8 cm³/mol. The van der Waals surface area contributed by atoms with Gasteiger partial charge in [0, 0.05) is 11.3 Å². The summed E-state index contributed by atoms with van der Waals surface area (Å²) >= 11 is 1.87. The number of nitrogen functional groups attached to an aromatic ring is 1. The van der Waals surface area contributed by atoms with Crippen LogP contribution in [0, 0.1) is 0 Å². The highest BCUT2D eigenvalue weighted by atomic mass is 32.2. The molecule has 0 atom stereocenters.